The molecular weight excluding hydrogens is 246 g/mol. The van der Waals surface area contributed by atoms with Gasteiger partial charge in [0.2, 0.25) is 0 Å². The highest BCUT2D eigenvalue weighted by Crippen LogP contribution is 2.20. The summed E-state index contributed by atoms with van der Waals surface area (Å²) in [5, 5.41) is 3.14. The van der Waals surface area contributed by atoms with Crippen molar-refractivity contribution in [1.29, 1.82) is 0 Å². The number of nitrogens with one attached hydrogen (secondary N) is 1. The predicted molar refractivity (Wildman–Crippen MR) is 76.0 cm³/mol. The van der Waals surface area contributed by atoms with Gasteiger partial charge in [-0.2, -0.15) is 0 Å². The van der Waals surface area contributed by atoms with E-state index < -0.39 is 0 Å². The average molecular weight is 267 g/mol. The highest BCUT2D eigenvalue weighted by Gasteiger charge is 2.17. The highest BCUT2D eigenvalue weighted by molar-refractivity contribution is 7.99. The molecule has 0 heterocycles. The summed E-state index contributed by atoms with van der Waals surface area (Å²) in [7, 11) is 1.43. The topological polar surface area (TPSA) is 38.3 Å². The van der Waals surface area contributed by atoms with Crippen LogP contribution in [0.4, 0.5) is 0 Å². The van der Waals surface area contributed by atoms with Gasteiger partial charge in [0.25, 0.3) is 0 Å². The van der Waals surface area contributed by atoms with Crippen LogP contribution >= 0.6 is 11.8 Å². The Hall–Kier alpha value is -1.00. The summed E-state index contributed by atoms with van der Waals surface area (Å²) in [5.74, 6) is 0.720. The maximum atomic E-state index is 11.5. The van der Waals surface area contributed by atoms with E-state index in [9.17, 15) is 4.79 Å². The third-order valence-electron chi connectivity index (χ3n) is 2.60. The van der Waals surface area contributed by atoms with Crippen molar-refractivity contribution in [3.05, 3.63) is 29.8 Å². The summed E-state index contributed by atoms with van der Waals surface area (Å²) < 4.78 is 4.78. The molecule has 1 atom stereocenters. The van der Waals surface area contributed by atoms with Crippen molar-refractivity contribution < 1.29 is 9.53 Å². The Labute approximate surface area is 113 Å². The second-order valence-corrected chi connectivity index (χ2v) is 5.26. The first-order chi connectivity index (χ1) is 8.67. The van der Waals surface area contributed by atoms with Crippen LogP contribution in [0, 0.1) is 6.92 Å². The van der Waals surface area contributed by atoms with Crippen molar-refractivity contribution in [2.45, 2.75) is 31.2 Å². The number of hydrogen-bond acceptors (Lipinski definition) is 4. The third-order valence-corrected chi connectivity index (χ3v) is 3.63. The smallest absolute Gasteiger partial charge is 0.322 e. The lowest BCUT2D eigenvalue weighted by Crippen LogP contribution is -2.37. The lowest BCUT2D eigenvalue weighted by molar-refractivity contribution is -0.143. The van der Waals surface area contributed by atoms with Crippen molar-refractivity contribution in [2.75, 3.05) is 19.4 Å². The van der Waals surface area contributed by atoms with Gasteiger partial charge in [0.1, 0.15) is 6.04 Å². The molecule has 1 N–H and O–H groups in total. The maximum absolute atomic E-state index is 11.5. The Morgan fingerprint density at radius 2 is 2.28 bits per heavy atom. The molecule has 0 saturated heterocycles. The minimum atomic E-state index is -0.197. The van der Waals surface area contributed by atoms with Gasteiger partial charge in [-0.1, -0.05) is 24.6 Å². The second kappa shape index (κ2) is 8.16. The van der Waals surface area contributed by atoms with Crippen LogP contribution in [-0.4, -0.2) is 31.4 Å². The number of methoxy groups -OCH3 is 1. The van der Waals surface area contributed by atoms with Gasteiger partial charge >= 0.3 is 5.97 Å². The molecule has 0 saturated carbocycles. The third kappa shape index (κ3) is 5.10. The van der Waals surface area contributed by atoms with Crippen molar-refractivity contribution in [1.82, 2.24) is 5.32 Å². The lowest BCUT2D eigenvalue weighted by Gasteiger charge is -2.14. The Balaban J connectivity index is 2.41. The molecule has 18 heavy (non-hydrogen) atoms. The van der Waals surface area contributed by atoms with Crippen LogP contribution in [0.3, 0.4) is 0 Å². The Bertz CT molecular complexity index is 382. The van der Waals surface area contributed by atoms with Gasteiger partial charge in [-0.05, 0) is 32.0 Å². The van der Waals surface area contributed by atoms with Crippen LogP contribution in [0.25, 0.3) is 0 Å². The first kappa shape index (κ1) is 15.1. The number of thioether (sulfide) groups is 1. The van der Waals surface area contributed by atoms with Gasteiger partial charge in [-0.25, -0.2) is 0 Å². The number of ether oxygens (including phenoxy) is 1. The number of carbonyl (C=O) groups is 1. The first-order valence-corrected chi connectivity index (χ1v) is 7.16. The molecule has 0 aliphatic carbocycles. The molecule has 1 aromatic rings. The highest BCUT2D eigenvalue weighted by atomic mass is 32.2. The minimum Gasteiger partial charge on any atom is -0.468 e. The number of benzene rings is 1. The largest absolute Gasteiger partial charge is 0.468 e. The molecule has 0 radical (unpaired) electrons. The molecule has 0 aliphatic heterocycles. The monoisotopic (exact) mass is 267 g/mol. The summed E-state index contributed by atoms with van der Waals surface area (Å²) >= 11 is 1.77. The molecule has 0 spiro atoms. The fourth-order valence-electron chi connectivity index (χ4n) is 1.69. The molecule has 0 amide bonds. The van der Waals surface area contributed by atoms with E-state index >= 15 is 0 Å². The van der Waals surface area contributed by atoms with Crippen LogP contribution < -0.4 is 5.32 Å². The predicted octanol–water partition coefficient (Wildman–Crippen LogP) is 2.63. The van der Waals surface area contributed by atoms with E-state index in [1.807, 2.05) is 6.92 Å². The SMILES string of the molecule is CCNC(CCSc1cccc(C)c1)C(=O)OC. The quantitative estimate of drug-likeness (QED) is 0.609. The number of aryl methyl sites for hydroxylation is 1. The maximum Gasteiger partial charge on any atom is 0.322 e. The van der Waals surface area contributed by atoms with Crippen LogP contribution in [0.1, 0.15) is 18.9 Å². The first-order valence-electron chi connectivity index (χ1n) is 6.18. The van der Waals surface area contributed by atoms with Gasteiger partial charge < -0.3 is 10.1 Å². The molecule has 100 valence electrons. The summed E-state index contributed by atoms with van der Waals surface area (Å²) in [6.07, 6.45) is 0.777. The molecule has 0 aliphatic rings. The number of rotatable bonds is 7. The van der Waals surface area contributed by atoms with Crippen molar-refractivity contribution in [3.8, 4) is 0 Å². The van der Waals surface area contributed by atoms with Gasteiger partial charge in [0.15, 0.2) is 0 Å². The summed E-state index contributed by atoms with van der Waals surface area (Å²) in [6.45, 7) is 4.85. The van der Waals surface area contributed by atoms with Crippen LogP contribution in [0.15, 0.2) is 29.2 Å². The zero-order chi connectivity index (χ0) is 13.4. The van der Waals surface area contributed by atoms with E-state index in [1.165, 1.54) is 17.6 Å². The molecule has 4 heteroatoms. The molecule has 0 bridgehead atoms. The van der Waals surface area contributed by atoms with Crippen LogP contribution in [0.2, 0.25) is 0 Å². The van der Waals surface area contributed by atoms with E-state index in [0.717, 1.165) is 18.7 Å². The van der Waals surface area contributed by atoms with Crippen LogP contribution in [0.5, 0.6) is 0 Å². The lowest BCUT2D eigenvalue weighted by atomic mass is 10.2. The van der Waals surface area contributed by atoms with Gasteiger partial charge in [-0.3, -0.25) is 4.79 Å². The zero-order valence-corrected chi connectivity index (χ0v) is 12.0. The summed E-state index contributed by atoms with van der Waals surface area (Å²) in [5.41, 5.74) is 1.26. The summed E-state index contributed by atoms with van der Waals surface area (Å²) in [4.78, 5) is 12.7. The average Bonchev–Trinajstić information content (AvgIpc) is 2.37. The Morgan fingerprint density at radius 3 is 2.89 bits per heavy atom. The number of carbonyl (C=O) groups excluding carboxylic acids is 1. The standard InChI is InChI=1S/C14H21NO2S/c1-4-15-13(14(16)17-3)8-9-18-12-7-5-6-11(2)10-12/h5-7,10,13,15H,4,8-9H2,1-3H3. The van der Waals surface area contributed by atoms with Gasteiger partial charge in [-0.15, -0.1) is 11.8 Å². The summed E-state index contributed by atoms with van der Waals surface area (Å²) in [6, 6.07) is 8.19. The van der Waals surface area contributed by atoms with Crippen LogP contribution in [-0.2, 0) is 9.53 Å². The molecule has 1 unspecified atom stereocenters. The minimum absolute atomic E-state index is 0.179. The fraction of sp³-hybridized carbons (Fsp3) is 0.500. The van der Waals surface area contributed by atoms with Gasteiger partial charge in [0.05, 0.1) is 7.11 Å². The van der Waals surface area contributed by atoms with E-state index in [4.69, 9.17) is 4.74 Å². The van der Waals surface area contributed by atoms with E-state index in [0.29, 0.717) is 0 Å². The molecule has 1 rings (SSSR count). The Morgan fingerprint density at radius 1 is 1.50 bits per heavy atom. The van der Waals surface area contributed by atoms with E-state index in [-0.39, 0.29) is 12.0 Å². The second-order valence-electron chi connectivity index (χ2n) is 4.09. The van der Waals surface area contributed by atoms with Gasteiger partial charge in [0, 0.05) is 10.6 Å². The number of esters is 1. The van der Waals surface area contributed by atoms with E-state index in [1.54, 1.807) is 11.8 Å². The number of hydrogen-bond donors (Lipinski definition) is 1. The fourth-order valence-corrected chi connectivity index (χ4v) is 2.72. The van der Waals surface area contributed by atoms with Crippen molar-refractivity contribution >= 4 is 17.7 Å². The van der Waals surface area contributed by atoms with Crippen molar-refractivity contribution in [3.63, 3.8) is 0 Å². The molecule has 3 nitrogen and oxygen atoms in total. The van der Waals surface area contributed by atoms with Crippen molar-refractivity contribution in [2.24, 2.45) is 0 Å². The number of likely N-dealkylation sites (N-methyl/N-ethyl adjacent to an activating group) is 1. The molecule has 1 aromatic carbocycles. The zero-order valence-electron chi connectivity index (χ0n) is 11.2. The normalized spacial score (nSPS) is 12.2. The molecule has 0 fully saturated rings. The Kier molecular flexibility index (Phi) is 6.83. The molecular formula is C14H21NO2S. The van der Waals surface area contributed by atoms with E-state index in [2.05, 4.69) is 36.5 Å². The molecule has 0 aromatic heterocycles.